The number of amides is 1. The summed E-state index contributed by atoms with van der Waals surface area (Å²) >= 11 is 18.1. The van der Waals surface area contributed by atoms with Gasteiger partial charge in [-0.05, 0) is 12.1 Å². The highest BCUT2D eigenvalue weighted by Gasteiger charge is 2.18. The average Bonchev–Trinajstić information content (AvgIpc) is 2.50. The molecule has 3 rings (SSSR count). The van der Waals surface area contributed by atoms with E-state index in [-0.39, 0.29) is 10.6 Å². The van der Waals surface area contributed by atoms with Gasteiger partial charge in [0.05, 0.1) is 26.3 Å². The van der Waals surface area contributed by atoms with Crippen molar-refractivity contribution in [1.82, 2.24) is 0 Å². The Kier molecular flexibility index (Phi) is 4.34. The van der Waals surface area contributed by atoms with Gasteiger partial charge in [-0.15, -0.1) is 0 Å². The minimum Gasteiger partial charge on any atom is -0.486 e. The normalized spacial score (nSPS) is 12.9. The van der Waals surface area contributed by atoms with Gasteiger partial charge in [0.15, 0.2) is 11.5 Å². The molecule has 0 radical (unpaired) electrons. The van der Waals surface area contributed by atoms with Crippen molar-refractivity contribution in [3.63, 3.8) is 0 Å². The molecule has 0 unspecified atom stereocenters. The number of carbonyl (C=O) groups is 1. The van der Waals surface area contributed by atoms with E-state index in [1.807, 2.05) is 0 Å². The molecule has 0 fully saturated rings. The molecule has 1 aliphatic heterocycles. The fourth-order valence-electron chi connectivity index (χ4n) is 2.03. The molecule has 0 saturated carbocycles. The second-order valence-electron chi connectivity index (χ2n) is 4.53. The summed E-state index contributed by atoms with van der Waals surface area (Å²) in [6.07, 6.45) is 0. The van der Waals surface area contributed by atoms with Crippen LogP contribution in [0.25, 0.3) is 0 Å². The number of fused-ring (bicyclic) bond motifs is 1. The molecule has 0 saturated heterocycles. The van der Waals surface area contributed by atoms with Gasteiger partial charge in [0.1, 0.15) is 13.2 Å². The van der Waals surface area contributed by atoms with Crippen LogP contribution in [0.5, 0.6) is 11.5 Å². The van der Waals surface area contributed by atoms with E-state index in [1.54, 1.807) is 30.3 Å². The summed E-state index contributed by atoms with van der Waals surface area (Å²) < 4.78 is 10.9. The number of halogens is 3. The van der Waals surface area contributed by atoms with Gasteiger partial charge >= 0.3 is 0 Å². The van der Waals surface area contributed by atoms with Crippen molar-refractivity contribution in [2.45, 2.75) is 0 Å². The highest BCUT2D eigenvalue weighted by molar-refractivity contribution is 6.44. The molecule has 0 atom stereocenters. The maximum Gasteiger partial charge on any atom is 0.257 e. The molecule has 1 N–H and O–H groups in total. The first-order valence-electron chi connectivity index (χ1n) is 6.41. The zero-order chi connectivity index (χ0) is 15.7. The summed E-state index contributed by atoms with van der Waals surface area (Å²) in [4.78, 5) is 12.3. The molecule has 4 nitrogen and oxygen atoms in total. The van der Waals surface area contributed by atoms with Crippen molar-refractivity contribution in [3.05, 3.63) is 51.0 Å². The quantitative estimate of drug-likeness (QED) is 0.848. The first kappa shape index (κ1) is 15.3. The third-order valence-electron chi connectivity index (χ3n) is 3.08. The van der Waals surface area contributed by atoms with Gasteiger partial charge in [-0.25, -0.2) is 0 Å². The van der Waals surface area contributed by atoms with Crippen molar-refractivity contribution in [1.29, 1.82) is 0 Å². The van der Waals surface area contributed by atoms with Crippen LogP contribution in [0.4, 0.5) is 5.69 Å². The second-order valence-corrected chi connectivity index (χ2v) is 5.72. The minimum absolute atomic E-state index is 0.190. The average molecular weight is 359 g/mol. The molecule has 2 aromatic rings. The number of ether oxygens (including phenoxy) is 2. The molecule has 1 aliphatic rings. The second kappa shape index (κ2) is 6.24. The van der Waals surface area contributed by atoms with E-state index >= 15 is 0 Å². The fourth-order valence-corrected chi connectivity index (χ4v) is 2.62. The Bertz CT molecular complexity index is 749. The molecule has 0 aliphatic carbocycles. The van der Waals surface area contributed by atoms with Crippen molar-refractivity contribution in [2.75, 3.05) is 18.5 Å². The number of hydrogen-bond donors (Lipinski definition) is 1. The van der Waals surface area contributed by atoms with Crippen molar-refractivity contribution >= 4 is 46.4 Å². The monoisotopic (exact) mass is 357 g/mol. The number of benzene rings is 2. The minimum atomic E-state index is -0.411. The summed E-state index contributed by atoms with van der Waals surface area (Å²) in [6.45, 7) is 0.912. The molecule has 0 aromatic heterocycles. The van der Waals surface area contributed by atoms with Gasteiger partial charge in [0, 0.05) is 12.1 Å². The van der Waals surface area contributed by atoms with Crippen LogP contribution in [0.1, 0.15) is 10.4 Å². The summed E-state index contributed by atoms with van der Waals surface area (Å²) in [5.74, 6) is 0.671. The molecule has 7 heteroatoms. The van der Waals surface area contributed by atoms with Crippen LogP contribution in [-0.4, -0.2) is 19.1 Å². The first-order chi connectivity index (χ1) is 10.6. The summed E-state index contributed by atoms with van der Waals surface area (Å²) in [5, 5.41) is 3.54. The Balaban J connectivity index is 1.89. The third-order valence-corrected chi connectivity index (χ3v) is 4.21. The van der Waals surface area contributed by atoms with E-state index in [9.17, 15) is 4.79 Å². The van der Waals surface area contributed by atoms with Gasteiger partial charge in [-0.1, -0.05) is 40.9 Å². The molecule has 1 heterocycles. The Morgan fingerprint density at radius 2 is 1.68 bits per heavy atom. The van der Waals surface area contributed by atoms with Crippen molar-refractivity contribution in [3.8, 4) is 11.5 Å². The summed E-state index contributed by atoms with van der Waals surface area (Å²) in [6, 6.07) is 8.06. The van der Waals surface area contributed by atoms with Crippen LogP contribution >= 0.6 is 34.8 Å². The number of nitrogens with one attached hydrogen (secondary N) is 1. The molecule has 1 amide bonds. The number of anilines is 1. The Morgan fingerprint density at radius 3 is 2.41 bits per heavy atom. The molecule has 2 aromatic carbocycles. The lowest BCUT2D eigenvalue weighted by Gasteiger charge is -2.20. The third kappa shape index (κ3) is 2.95. The maximum atomic E-state index is 12.3. The highest BCUT2D eigenvalue weighted by atomic mass is 35.5. The summed E-state index contributed by atoms with van der Waals surface area (Å²) in [7, 11) is 0. The first-order valence-corrected chi connectivity index (χ1v) is 7.54. The molecule has 0 bridgehead atoms. The van der Waals surface area contributed by atoms with E-state index in [1.165, 1.54) is 0 Å². The van der Waals surface area contributed by atoms with Crippen molar-refractivity contribution < 1.29 is 14.3 Å². The van der Waals surface area contributed by atoms with E-state index in [0.29, 0.717) is 40.4 Å². The fraction of sp³-hybridized carbons (Fsp3) is 0.133. The van der Waals surface area contributed by atoms with Gasteiger partial charge < -0.3 is 14.8 Å². The molecule has 0 spiro atoms. The predicted molar refractivity (Wildman–Crippen MR) is 86.9 cm³/mol. The molecular weight excluding hydrogens is 349 g/mol. The van der Waals surface area contributed by atoms with Crippen LogP contribution < -0.4 is 14.8 Å². The van der Waals surface area contributed by atoms with Crippen LogP contribution in [0, 0.1) is 0 Å². The zero-order valence-electron chi connectivity index (χ0n) is 11.2. The van der Waals surface area contributed by atoms with Gasteiger partial charge in [0.25, 0.3) is 5.91 Å². The number of rotatable bonds is 2. The largest absolute Gasteiger partial charge is 0.486 e. The van der Waals surface area contributed by atoms with E-state index < -0.39 is 5.91 Å². The molecular formula is C15H10Cl3NO3. The zero-order valence-corrected chi connectivity index (χ0v) is 13.4. The lowest BCUT2D eigenvalue weighted by molar-refractivity contribution is 0.102. The van der Waals surface area contributed by atoms with Crippen LogP contribution in [-0.2, 0) is 0 Å². The maximum absolute atomic E-state index is 12.3. The SMILES string of the molecule is O=C(Nc1cc2c(cc1Cl)OCCO2)c1cccc(Cl)c1Cl. The Morgan fingerprint density at radius 1 is 1.00 bits per heavy atom. The Hall–Kier alpha value is -1.62. The van der Waals surface area contributed by atoms with E-state index in [0.717, 1.165) is 0 Å². The van der Waals surface area contributed by atoms with E-state index in [4.69, 9.17) is 44.3 Å². The van der Waals surface area contributed by atoms with Crippen molar-refractivity contribution in [2.24, 2.45) is 0 Å². The smallest absolute Gasteiger partial charge is 0.257 e. The van der Waals surface area contributed by atoms with Crippen LogP contribution in [0.2, 0.25) is 15.1 Å². The number of carbonyl (C=O) groups excluding carboxylic acids is 1. The topological polar surface area (TPSA) is 47.6 Å². The lowest BCUT2D eigenvalue weighted by atomic mass is 10.2. The molecule has 22 heavy (non-hydrogen) atoms. The van der Waals surface area contributed by atoms with Crippen LogP contribution in [0.15, 0.2) is 30.3 Å². The van der Waals surface area contributed by atoms with Crippen LogP contribution in [0.3, 0.4) is 0 Å². The highest BCUT2D eigenvalue weighted by Crippen LogP contribution is 2.38. The Labute approximate surface area is 141 Å². The summed E-state index contributed by atoms with van der Waals surface area (Å²) in [5.41, 5.74) is 0.673. The van der Waals surface area contributed by atoms with Gasteiger partial charge in [0.2, 0.25) is 0 Å². The standard InChI is InChI=1S/C15H10Cl3NO3/c16-9-3-1-2-8(14(9)18)15(20)19-11-7-13-12(6-10(11)17)21-4-5-22-13/h1-3,6-7H,4-5H2,(H,19,20). The van der Waals surface area contributed by atoms with E-state index in [2.05, 4.69) is 5.32 Å². The number of hydrogen-bond acceptors (Lipinski definition) is 3. The van der Waals surface area contributed by atoms with Gasteiger partial charge in [-0.2, -0.15) is 0 Å². The predicted octanol–water partition coefficient (Wildman–Crippen LogP) is 4.67. The molecule has 114 valence electrons. The van der Waals surface area contributed by atoms with Gasteiger partial charge in [-0.3, -0.25) is 4.79 Å². The lowest BCUT2D eigenvalue weighted by Crippen LogP contribution is -2.17.